The van der Waals surface area contributed by atoms with Gasteiger partial charge in [-0.25, -0.2) is 4.39 Å². The van der Waals surface area contributed by atoms with Gasteiger partial charge in [-0.2, -0.15) is 0 Å². The average molecular weight is 510 g/mol. The summed E-state index contributed by atoms with van der Waals surface area (Å²) >= 11 is 1.64. The third-order valence-electron chi connectivity index (χ3n) is 6.32. The highest BCUT2D eigenvalue weighted by Gasteiger charge is 2.34. The quantitative estimate of drug-likeness (QED) is 0.316. The number of amides is 2. The number of halogens is 1. The van der Waals surface area contributed by atoms with Crippen molar-refractivity contribution in [2.24, 2.45) is 5.92 Å². The molecule has 0 fully saturated rings. The highest BCUT2D eigenvalue weighted by molar-refractivity contribution is 7.10. The molecule has 3 aromatic rings. The second-order valence-corrected chi connectivity index (χ2v) is 10.4. The minimum absolute atomic E-state index is 0.0833. The van der Waals surface area contributed by atoms with Crippen molar-refractivity contribution in [2.75, 3.05) is 19.6 Å². The molecule has 1 atom stereocenters. The lowest BCUT2D eigenvalue weighted by Crippen LogP contribution is -2.47. The molecule has 1 unspecified atom stereocenters. The van der Waals surface area contributed by atoms with Gasteiger partial charge in [0.1, 0.15) is 12.4 Å². The Labute approximate surface area is 213 Å². The number of hydrogen-bond donors (Lipinski definition) is 0. The Bertz CT molecular complexity index is 1290. The van der Waals surface area contributed by atoms with Crippen molar-refractivity contribution in [3.63, 3.8) is 0 Å². The Morgan fingerprint density at radius 3 is 2.58 bits per heavy atom. The summed E-state index contributed by atoms with van der Waals surface area (Å²) in [7, 11) is 0. The molecule has 36 heavy (non-hydrogen) atoms. The number of rotatable bonds is 7. The Kier molecular flexibility index (Phi) is 7.49. The molecular formula is C27H28FN3O4S. The van der Waals surface area contributed by atoms with Crippen LogP contribution < -0.4 is 0 Å². The number of fused-ring (bicyclic) bond motifs is 1. The summed E-state index contributed by atoms with van der Waals surface area (Å²) in [6, 6.07) is 12.2. The van der Waals surface area contributed by atoms with Gasteiger partial charge in [-0.05, 0) is 60.0 Å². The molecule has 0 saturated heterocycles. The minimum Gasteiger partial charge on any atom is -0.330 e. The lowest BCUT2D eigenvalue weighted by Gasteiger charge is -2.38. The van der Waals surface area contributed by atoms with Gasteiger partial charge >= 0.3 is 0 Å². The van der Waals surface area contributed by atoms with Crippen molar-refractivity contribution in [1.29, 1.82) is 0 Å². The highest BCUT2D eigenvalue weighted by atomic mass is 32.1. The molecule has 2 aromatic carbocycles. The Hall–Kier alpha value is -3.59. The molecule has 1 aromatic heterocycles. The number of nitrogens with zero attached hydrogens (tertiary/aromatic N) is 3. The monoisotopic (exact) mass is 509 g/mol. The lowest BCUT2D eigenvalue weighted by molar-refractivity contribution is -0.385. The summed E-state index contributed by atoms with van der Waals surface area (Å²) in [5.74, 6) is -0.915. The van der Waals surface area contributed by atoms with Crippen molar-refractivity contribution in [1.82, 2.24) is 9.80 Å². The fourth-order valence-corrected chi connectivity index (χ4v) is 5.53. The molecule has 1 aliphatic heterocycles. The fourth-order valence-electron chi connectivity index (χ4n) is 4.63. The number of carbonyl (C=O) groups is 2. The van der Waals surface area contributed by atoms with Crippen LogP contribution in [0, 0.1) is 28.8 Å². The first-order chi connectivity index (χ1) is 17.2. The van der Waals surface area contributed by atoms with E-state index in [-0.39, 0.29) is 41.5 Å². The zero-order valence-corrected chi connectivity index (χ0v) is 21.3. The van der Waals surface area contributed by atoms with E-state index in [0.717, 1.165) is 11.1 Å². The molecule has 0 radical (unpaired) electrons. The second kappa shape index (κ2) is 10.6. The van der Waals surface area contributed by atoms with E-state index >= 15 is 0 Å². The number of thiophene rings is 1. The molecule has 188 valence electrons. The molecule has 2 heterocycles. The van der Waals surface area contributed by atoms with E-state index in [1.54, 1.807) is 47.4 Å². The Morgan fingerprint density at radius 2 is 1.92 bits per heavy atom. The maximum atomic E-state index is 13.7. The number of nitro groups is 1. The highest BCUT2D eigenvalue weighted by Crippen LogP contribution is 2.38. The van der Waals surface area contributed by atoms with Crippen LogP contribution in [0.4, 0.5) is 10.1 Å². The van der Waals surface area contributed by atoms with Gasteiger partial charge < -0.3 is 9.80 Å². The smallest absolute Gasteiger partial charge is 0.273 e. The summed E-state index contributed by atoms with van der Waals surface area (Å²) in [5.41, 5.74) is 2.33. The first-order valence-corrected chi connectivity index (χ1v) is 12.7. The number of carbonyl (C=O) groups excluding carboxylic acids is 2. The molecule has 9 heteroatoms. The first-order valence-electron chi connectivity index (χ1n) is 11.8. The zero-order valence-electron chi connectivity index (χ0n) is 20.4. The van der Waals surface area contributed by atoms with Gasteiger partial charge in [0.05, 0.1) is 11.0 Å². The molecular weight excluding hydrogens is 481 g/mol. The minimum atomic E-state index is -0.510. The van der Waals surface area contributed by atoms with E-state index < -0.39 is 10.8 Å². The van der Waals surface area contributed by atoms with Gasteiger partial charge in [0.15, 0.2) is 0 Å². The SMILES string of the molecule is Cc1ccc(C(=O)N(CC(=O)N2CCc3sccc3C2c2ccc(F)cc2)CC(C)C)cc1[N+](=O)[O-]. The maximum absolute atomic E-state index is 13.7. The van der Waals surface area contributed by atoms with Gasteiger partial charge in [-0.3, -0.25) is 19.7 Å². The van der Waals surface area contributed by atoms with Crippen LogP contribution in [-0.4, -0.2) is 46.2 Å². The van der Waals surface area contributed by atoms with Crippen molar-refractivity contribution in [3.8, 4) is 0 Å². The van der Waals surface area contributed by atoms with Gasteiger partial charge in [0.25, 0.3) is 11.6 Å². The van der Waals surface area contributed by atoms with Crippen LogP contribution in [0.3, 0.4) is 0 Å². The van der Waals surface area contributed by atoms with Crippen molar-refractivity contribution < 1.29 is 18.9 Å². The lowest BCUT2D eigenvalue weighted by atomic mass is 9.93. The summed E-state index contributed by atoms with van der Waals surface area (Å²) in [6.07, 6.45) is 0.707. The van der Waals surface area contributed by atoms with Crippen LogP contribution in [0.25, 0.3) is 0 Å². The number of nitro benzene ring substituents is 1. The van der Waals surface area contributed by atoms with E-state index in [1.165, 1.54) is 28.0 Å². The number of hydrogen-bond acceptors (Lipinski definition) is 5. The maximum Gasteiger partial charge on any atom is 0.273 e. The second-order valence-electron chi connectivity index (χ2n) is 9.43. The van der Waals surface area contributed by atoms with Gasteiger partial charge in [0.2, 0.25) is 5.91 Å². The number of benzene rings is 2. The third-order valence-corrected chi connectivity index (χ3v) is 7.32. The Morgan fingerprint density at radius 1 is 1.19 bits per heavy atom. The van der Waals surface area contributed by atoms with E-state index in [4.69, 9.17) is 0 Å². The summed E-state index contributed by atoms with van der Waals surface area (Å²) in [5, 5.41) is 13.4. The van der Waals surface area contributed by atoms with E-state index in [0.29, 0.717) is 25.1 Å². The molecule has 0 saturated carbocycles. The summed E-state index contributed by atoms with van der Waals surface area (Å²) in [6.45, 7) is 6.16. The molecule has 2 amide bonds. The fraction of sp³-hybridized carbons (Fsp3) is 0.333. The predicted octanol–water partition coefficient (Wildman–Crippen LogP) is 5.38. The van der Waals surface area contributed by atoms with Crippen molar-refractivity contribution in [3.05, 3.63) is 97.0 Å². The van der Waals surface area contributed by atoms with Crippen LogP contribution in [-0.2, 0) is 11.2 Å². The van der Waals surface area contributed by atoms with Crippen LogP contribution >= 0.6 is 11.3 Å². The molecule has 0 bridgehead atoms. The first kappa shape index (κ1) is 25.5. The molecule has 7 nitrogen and oxygen atoms in total. The normalized spacial score (nSPS) is 15.0. The number of aryl methyl sites for hydroxylation is 1. The molecule has 0 N–H and O–H groups in total. The topological polar surface area (TPSA) is 83.8 Å². The van der Waals surface area contributed by atoms with Gasteiger partial charge in [-0.1, -0.05) is 32.0 Å². The van der Waals surface area contributed by atoms with E-state index in [2.05, 4.69) is 0 Å². The van der Waals surface area contributed by atoms with E-state index in [9.17, 15) is 24.1 Å². The van der Waals surface area contributed by atoms with Crippen molar-refractivity contribution >= 4 is 28.8 Å². The largest absolute Gasteiger partial charge is 0.330 e. The van der Waals surface area contributed by atoms with Crippen LogP contribution in [0.2, 0.25) is 0 Å². The average Bonchev–Trinajstić information content (AvgIpc) is 3.32. The zero-order chi connectivity index (χ0) is 26.0. The molecule has 4 rings (SSSR count). The van der Waals surface area contributed by atoms with Gasteiger partial charge in [-0.15, -0.1) is 11.3 Å². The van der Waals surface area contributed by atoms with Crippen LogP contribution in [0.1, 0.15) is 51.8 Å². The molecule has 0 spiro atoms. The van der Waals surface area contributed by atoms with Crippen molar-refractivity contribution in [2.45, 2.75) is 33.2 Å². The standard InChI is InChI=1S/C27H28FN3O4S/c1-17(2)15-29(27(33)20-5-4-18(3)23(14-20)31(34)35)16-25(32)30-12-10-24-22(11-13-36-24)26(30)19-6-8-21(28)9-7-19/h4-9,11,13-14,17,26H,10,12,15-16H2,1-3H3. The van der Waals surface area contributed by atoms with E-state index in [1.807, 2.05) is 25.3 Å². The van der Waals surface area contributed by atoms with Crippen LogP contribution in [0.5, 0.6) is 0 Å². The Balaban J connectivity index is 1.63. The molecule has 1 aliphatic rings. The third kappa shape index (κ3) is 5.31. The summed E-state index contributed by atoms with van der Waals surface area (Å²) < 4.78 is 13.6. The summed E-state index contributed by atoms with van der Waals surface area (Å²) in [4.78, 5) is 42.4. The van der Waals surface area contributed by atoms with Gasteiger partial charge in [0, 0.05) is 35.2 Å². The molecule has 0 aliphatic carbocycles. The predicted molar refractivity (Wildman–Crippen MR) is 137 cm³/mol. The van der Waals surface area contributed by atoms with Crippen LogP contribution in [0.15, 0.2) is 53.9 Å².